The van der Waals surface area contributed by atoms with Gasteiger partial charge in [-0.15, -0.1) is 0 Å². The zero-order chi connectivity index (χ0) is 16.1. The summed E-state index contributed by atoms with van der Waals surface area (Å²) >= 11 is 0. The molecule has 0 spiro atoms. The molecule has 7 nitrogen and oxygen atoms in total. The lowest BCUT2D eigenvalue weighted by Crippen LogP contribution is -2.23. The van der Waals surface area contributed by atoms with E-state index in [1.807, 2.05) is 24.0 Å². The van der Waals surface area contributed by atoms with E-state index in [1.54, 1.807) is 12.3 Å². The maximum absolute atomic E-state index is 11.2. The maximum atomic E-state index is 11.2. The van der Waals surface area contributed by atoms with Crippen LogP contribution >= 0.6 is 0 Å². The average Bonchev–Trinajstić information content (AvgIpc) is 2.53. The molecule has 1 heterocycles. The average molecular weight is 301 g/mol. The van der Waals surface area contributed by atoms with Crippen molar-refractivity contribution in [1.29, 1.82) is 0 Å². The molecule has 114 valence electrons. The van der Waals surface area contributed by atoms with Gasteiger partial charge in [-0.2, -0.15) is 0 Å². The number of aromatic carboxylic acids is 1. The fourth-order valence-electron chi connectivity index (χ4n) is 2.10. The van der Waals surface area contributed by atoms with E-state index in [1.165, 1.54) is 12.1 Å². The second kappa shape index (κ2) is 6.66. The molecule has 2 aromatic rings. The van der Waals surface area contributed by atoms with Crippen LogP contribution in [-0.4, -0.2) is 27.5 Å². The summed E-state index contributed by atoms with van der Waals surface area (Å²) in [4.78, 5) is 27.7. The van der Waals surface area contributed by atoms with Crippen molar-refractivity contribution in [1.82, 2.24) is 4.98 Å². The molecule has 1 aromatic heterocycles. The Kier molecular flexibility index (Phi) is 4.67. The smallest absolute Gasteiger partial charge is 0.335 e. The number of carboxylic acid groups (broad SMARTS) is 1. The van der Waals surface area contributed by atoms with Crippen molar-refractivity contribution in [2.24, 2.45) is 0 Å². The Labute approximate surface area is 127 Å². The molecule has 1 N–H and O–H groups in total. The highest BCUT2D eigenvalue weighted by atomic mass is 16.6. The molecule has 2 rings (SSSR count). The lowest BCUT2D eigenvalue weighted by atomic mass is 10.1. The van der Waals surface area contributed by atoms with Crippen LogP contribution in [-0.2, 0) is 6.54 Å². The van der Waals surface area contributed by atoms with Crippen molar-refractivity contribution in [3.8, 4) is 0 Å². The Morgan fingerprint density at radius 3 is 2.68 bits per heavy atom. The number of hydrogen-bond acceptors (Lipinski definition) is 5. The largest absolute Gasteiger partial charge is 0.478 e. The molecular formula is C15H15N3O4. The summed E-state index contributed by atoms with van der Waals surface area (Å²) in [5, 5.41) is 20.1. The van der Waals surface area contributed by atoms with Crippen molar-refractivity contribution < 1.29 is 14.8 Å². The lowest BCUT2D eigenvalue weighted by Gasteiger charge is -2.21. The van der Waals surface area contributed by atoms with Crippen LogP contribution in [0.1, 0.15) is 22.8 Å². The zero-order valence-electron chi connectivity index (χ0n) is 12.0. The van der Waals surface area contributed by atoms with Gasteiger partial charge in [-0.1, -0.05) is 6.07 Å². The molecule has 0 amide bonds. The van der Waals surface area contributed by atoms with Gasteiger partial charge in [0.2, 0.25) is 0 Å². The normalized spacial score (nSPS) is 10.2. The first-order chi connectivity index (χ1) is 10.5. The molecule has 0 aliphatic carbocycles. The number of hydrogen-bond donors (Lipinski definition) is 1. The van der Waals surface area contributed by atoms with Gasteiger partial charge in [-0.05, 0) is 31.2 Å². The summed E-state index contributed by atoms with van der Waals surface area (Å²) in [6.45, 7) is 2.82. The van der Waals surface area contributed by atoms with Gasteiger partial charge < -0.3 is 10.0 Å². The topological polar surface area (TPSA) is 96.6 Å². The van der Waals surface area contributed by atoms with E-state index >= 15 is 0 Å². The van der Waals surface area contributed by atoms with Gasteiger partial charge in [0, 0.05) is 24.4 Å². The number of anilines is 1. The first-order valence-electron chi connectivity index (χ1n) is 6.69. The minimum absolute atomic E-state index is 0.101. The summed E-state index contributed by atoms with van der Waals surface area (Å²) in [6, 6.07) is 9.39. The van der Waals surface area contributed by atoms with Crippen LogP contribution in [0, 0.1) is 10.1 Å². The molecule has 0 aliphatic rings. The van der Waals surface area contributed by atoms with Crippen molar-refractivity contribution in [3.05, 3.63) is 63.8 Å². The molecule has 0 atom stereocenters. The third-order valence-corrected chi connectivity index (χ3v) is 3.25. The van der Waals surface area contributed by atoms with Crippen LogP contribution in [0.2, 0.25) is 0 Å². The summed E-state index contributed by atoms with van der Waals surface area (Å²) in [6.07, 6.45) is 1.65. The van der Waals surface area contributed by atoms with Crippen LogP contribution in [0.25, 0.3) is 0 Å². The van der Waals surface area contributed by atoms with E-state index < -0.39 is 10.9 Å². The number of nitro benzene ring substituents is 1. The predicted molar refractivity (Wildman–Crippen MR) is 81.0 cm³/mol. The molecule has 0 saturated carbocycles. The van der Waals surface area contributed by atoms with Gasteiger partial charge in [-0.3, -0.25) is 10.1 Å². The van der Waals surface area contributed by atoms with Gasteiger partial charge in [0.15, 0.2) is 0 Å². The van der Waals surface area contributed by atoms with E-state index in [0.29, 0.717) is 17.9 Å². The summed E-state index contributed by atoms with van der Waals surface area (Å²) in [5.41, 5.74) is 0.146. The molecule has 0 aliphatic heterocycles. The van der Waals surface area contributed by atoms with Crippen LogP contribution in [0.4, 0.5) is 11.5 Å². The minimum Gasteiger partial charge on any atom is -0.478 e. The van der Waals surface area contributed by atoms with Crippen molar-refractivity contribution in [3.63, 3.8) is 0 Å². The number of pyridine rings is 1. The molecule has 0 radical (unpaired) electrons. The quantitative estimate of drug-likeness (QED) is 0.651. The monoisotopic (exact) mass is 301 g/mol. The van der Waals surface area contributed by atoms with E-state index in [-0.39, 0.29) is 17.8 Å². The van der Waals surface area contributed by atoms with Crippen LogP contribution in [0.3, 0.4) is 0 Å². The summed E-state index contributed by atoms with van der Waals surface area (Å²) in [7, 11) is 0. The van der Waals surface area contributed by atoms with E-state index in [0.717, 1.165) is 6.07 Å². The second-order valence-electron chi connectivity index (χ2n) is 4.61. The molecule has 0 bridgehead atoms. The SMILES string of the molecule is CCN(Cc1ccc(C(=O)O)cc1[N+](=O)[O-])c1ccccn1. The predicted octanol–water partition coefficient (Wildman–Crippen LogP) is 2.71. The Bertz CT molecular complexity index is 688. The number of aromatic nitrogens is 1. The molecule has 0 unspecified atom stereocenters. The third-order valence-electron chi connectivity index (χ3n) is 3.25. The Balaban J connectivity index is 2.35. The highest BCUT2D eigenvalue weighted by Gasteiger charge is 2.19. The number of nitro groups is 1. The summed E-state index contributed by atoms with van der Waals surface area (Å²) in [5.74, 6) is -0.478. The molecule has 22 heavy (non-hydrogen) atoms. The van der Waals surface area contributed by atoms with Crippen molar-refractivity contribution in [2.75, 3.05) is 11.4 Å². The van der Waals surface area contributed by atoms with Gasteiger partial charge in [0.1, 0.15) is 5.82 Å². The molecular weight excluding hydrogens is 286 g/mol. The van der Waals surface area contributed by atoms with Crippen LogP contribution < -0.4 is 4.90 Å². The fraction of sp³-hybridized carbons (Fsp3) is 0.200. The van der Waals surface area contributed by atoms with E-state index in [9.17, 15) is 14.9 Å². The third kappa shape index (κ3) is 3.38. The van der Waals surface area contributed by atoms with Gasteiger partial charge in [-0.25, -0.2) is 9.78 Å². The zero-order valence-corrected chi connectivity index (χ0v) is 12.0. The van der Waals surface area contributed by atoms with Crippen molar-refractivity contribution in [2.45, 2.75) is 13.5 Å². The Morgan fingerprint density at radius 1 is 1.36 bits per heavy atom. The highest BCUT2D eigenvalue weighted by Crippen LogP contribution is 2.24. The number of benzene rings is 1. The first kappa shape index (κ1) is 15.4. The van der Waals surface area contributed by atoms with Crippen molar-refractivity contribution >= 4 is 17.5 Å². The van der Waals surface area contributed by atoms with Crippen LogP contribution in [0.5, 0.6) is 0 Å². The maximum Gasteiger partial charge on any atom is 0.335 e. The Morgan fingerprint density at radius 2 is 2.14 bits per heavy atom. The summed E-state index contributed by atoms with van der Waals surface area (Å²) < 4.78 is 0. The van der Waals surface area contributed by atoms with Gasteiger partial charge >= 0.3 is 5.97 Å². The van der Waals surface area contributed by atoms with E-state index in [2.05, 4.69) is 4.98 Å². The number of carbonyl (C=O) groups is 1. The molecule has 1 aromatic carbocycles. The second-order valence-corrected chi connectivity index (χ2v) is 4.61. The lowest BCUT2D eigenvalue weighted by molar-refractivity contribution is -0.385. The van der Waals surface area contributed by atoms with Gasteiger partial charge in [0.25, 0.3) is 5.69 Å². The molecule has 0 saturated heterocycles. The fourth-order valence-corrected chi connectivity index (χ4v) is 2.10. The Hall–Kier alpha value is -2.96. The highest BCUT2D eigenvalue weighted by molar-refractivity contribution is 5.88. The minimum atomic E-state index is -1.19. The first-order valence-corrected chi connectivity index (χ1v) is 6.69. The number of nitrogens with zero attached hydrogens (tertiary/aromatic N) is 3. The standard InChI is InChI=1S/C15H15N3O4/c1-2-17(14-5-3-4-8-16-14)10-12-7-6-11(15(19)20)9-13(12)18(21)22/h3-9H,2,10H2,1H3,(H,19,20). The van der Waals surface area contributed by atoms with Gasteiger partial charge in [0.05, 0.1) is 17.0 Å². The number of rotatable bonds is 6. The van der Waals surface area contributed by atoms with E-state index in [4.69, 9.17) is 5.11 Å². The molecule has 7 heteroatoms. The number of carboxylic acids is 1. The molecule has 0 fully saturated rings. The van der Waals surface area contributed by atoms with Crippen LogP contribution in [0.15, 0.2) is 42.6 Å².